The molecule has 12 heteroatoms. The number of carbonyl (C=O) groups is 1. The van der Waals surface area contributed by atoms with E-state index in [1.807, 2.05) is 18.2 Å². The Morgan fingerprint density at radius 1 is 1.22 bits per heavy atom. The van der Waals surface area contributed by atoms with E-state index in [1.165, 1.54) is 11.6 Å². The van der Waals surface area contributed by atoms with Gasteiger partial charge in [-0.05, 0) is 42.8 Å². The summed E-state index contributed by atoms with van der Waals surface area (Å²) in [5.41, 5.74) is 3.00. The van der Waals surface area contributed by atoms with Crippen LogP contribution in [0, 0.1) is 11.3 Å². The highest BCUT2D eigenvalue weighted by Gasteiger charge is 2.24. The van der Waals surface area contributed by atoms with E-state index in [0.29, 0.717) is 28.5 Å². The maximum absolute atomic E-state index is 13.6. The fraction of sp³-hybridized carbons (Fsp3) is 0.200. The van der Waals surface area contributed by atoms with Gasteiger partial charge >= 0.3 is 6.03 Å². The van der Waals surface area contributed by atoms with Crippen LogP contribution in [-0.2, 0) is 20.6 Å². The number of hydrogen-bond donors (Lipinski definition) is 2. The predicted molar refractivity (Wildman–Crippen MR) is 140 cm³/mol. The lowest BCUT2D eigenvalue weighted by atomic mass is 10.1. The summed E-state index contributed by atoms with van der Waals surface area (Å²) in [7, 11) is 3.32. The number of fused-ring (bicyclic) bond motifs is 2. The largest absolute Gasteiger partial charge is 0.348 e. The summed E-state index contributed by atoms with van der Waals surface area (Å²) >= 11 is 6.27. The predicted octanol–water partition coefficient (Wildman–Crippen LogP) is 3.40. The molecule has 11 nitrogen and oxygen atoms in total. The average molecular weight is 516 g/mol. The van der Waals surface area contributed by atoms with Gasteiger partial charge in [0.05, 0.1) is 23.3 Å². The zero-order chi connectivity index (χ0) is 26.3. The monoisotopic (exact) mass is 515 g/mol. The summed E-state index contributed by atoms with van der Waals surface area (Å²) in [4.78, 5) is 34.6. The van der Waals surface area contributed by atoms with E-state index in [2.05, 4.69) is 31.8 Å². The summed E-state index contributed by atoms with van der Waals surface area (Å²) < 4.78 is 4.72. The molecule has 5 rings (SSSR count). The number of nitrogens with one attached hydrogen (secondary N) is 2. The van der Waals surface area contributed by atoms with Crippen molar-refractivity contribution < 1.29 is 4.79 Å². The Morgan fingerprint density at radius 2 is 2.03 bits per heavy atom. The molecule has 2 N–H and O–H groups in total. The van der Waals surface area contributed by atoms with Crippen molar-refractivity contribution in [2.75, 3.05) is 11.9 Å². The number of carbonyl (C=O) groups excluding carboxylic acids is 1. The van der Waals surface area contributed by atoms with Crippen LogP contribution in [0.4, 0.5) is 10.7 Å². The number of halogens is 1. The molecule has 4 heterocycles. The van der Waals surface area contributed by atoms with Gasteiger partial charge in [0.2, 0.25) is 5.95 Å². The van der Waals surface area contributed by atoms with Crippen LogP contribution >= 0.6 is 11.6 Å². The molecule has 0 saturated carbocycles. The normalized spacial score (nSPS) is 11.1. The second-order valence-electron chi connectivity index (χ2n) is 8.46. The number of rotatable bonds is 5. The number of benzene rings is 1. The molecule has 0 bridgehead atoms. The third-order valence-corrected chi connectivity index (χ3v) is 6.27. The topological polar surface area (TPSA) is 135 Å². The van der Waals surface area contributed by atoms with Gasteiger partial charge in [0.1, 0.15) is 17.1 Å². The van der Waals surface area contributed by atoms with Gasteiger partial charge in [-0.15, -0.1) is 0 Å². The summed E-state index contributed by atoms with van der Waals surface area (Å²) in [6.07, 6.45) is 3.39. The minimum Gasteiger partial charge on any atom is -0.348 e. The third-order valence-electron chi connectivity index (χ3n) is 6.04. The molecular formula is C25H22ClN9O2. The highest BCUT2D eigenvalue weighted by Crippen LogP contribution is 2.30. The Hall–Kier alpha value is -4.69. The fourth-order valence-corrected chi connectivity index (χ4v) is 4.46. The van der Waals surface area contributed by atoms with E-state index < -0.39 is 6.03 Å². The van der Waals surface area contributed by atoms with Crippen molar-refractivity contribution in [3.63, 3.8) is 0 Å². The molecule has 0 aliphatic rings. The van der Waals surface area contributed by atoms with Crippen LogP contribution in [-0.4, -0.2) is 41.5 Å². The minimum atomic E-state index is -0.481. The number of nitrogens with zero attached hydrogens (tertiary/aromatic N) is 7. The van der Waals surface area contributed by atoms with Crippen molar-refractivity contribution in [3.05, 3.63) is 69.2 Å². The summed E-state index contributed by atoms with van der Waals surface area (Å²) in [5, 5.41) is 21.1. The molecule has 5 aromatic rings. The molecule has 0 saturated heterocycles. The number of hydrogen-bond acceptors (Lipinski definition) is 6. The zero-order valence-electron chi connectivity index (χ0n) is 20.3. The van der Waals surface area contributed by atoms with Gasteiger partial charge in [0, 0.05) is 43.4 Å². The first-order valence-electron chi connectivity index (χ1n) is 11.4. The molecule has 0 unspecified atom stereocenters. The first-order chi connectivity index (χ1) is 17.8. The Balaban J connectivity index is 1.76. The Morgan fingerprint density at radius 3 is 2.76 bits per heavy atom. The van der Waals surface area contributed by atoms with Crippen LogP contribution in [0.2, 0.25) is 5.02 Å². The third kappa shape index (κ3) is 4.28. The van der Waals surface area contributed by atoms with Crippen molar-refractivity contribution in [1.29, 1.82) is 5.26 Å². The molecule has 0 radical (unpaired) electrons. The second kappa shape index (κ2) is 9.40. The second-order valence-corrected chi connectivity index (χ2v) is 8.89. The van der Waals surface area contributed by atoms with Crippen molar-refractivity contribution >= 4 is 45.5 Å². The minimum absolute atomic E-state index is 0.0605. The van der Waals surface area contributed by atoms with E-state index in [9.17, 15) is 14.9 Å². The first-order valence-corrected chi connectivity index (χ1v) is 11.8. The molecule has 4 aromatic heterocycles. The molecule has 0 aliphatic carbocycles. The maximum atomic E-state index is 13.6. The number of anilines is 1. The van der Waals surface area contributed by atoms with Crippen molar-refractivity contribution in [1.82, 2.24) is 34.2 Å². The van der Waals surface area contributed by atoms with E-state index >= 15 is 0 Å². The zero-order valence-corrected chi connectivity index (χ0v) is 21.0. The van der Waals surface area contributed by atoms with Gasteiger partial charge in [-0.3, -0.25) is 24.3 Å². The van der Waals surface area contributed by atoms with Crippen LogP contribution in [0.3, 0.4) is 0 Å². The molecular weight excluding hydrogens is 494 g/mol. The van der Waals surface area contributed by atoms with Crippen LogP contribution in [0.25, 0.3) is 33.3 Å². The van der Waals surface area contributed by atoms with E-state index in [0.717, 1.165) is 16.5 Å². The van der Waals surface area contributed by atoms with Crippen LogP contribution in [0.1, 0.15) is 18.1 Å². The average Bonchev–Trinajstić information content (AvgIpc) is 3.42. The van der Waals surface area contributed by atoms with Crippen LogP contribution in [0.15, 0.2) is 47.5 Å². The maximum Gasteiger partial charge on any atom is 0.321 e. The molecule has 0 spiro atoms. The summed E-state index contributed by atoms with van der Waals surface area (Å²) in [6.45, 7) is 2.48. The van der Waals surface area contributed by atoms with Gasteiger partial charge in [0.25, 0.3) is 5.56 Å². The standard InChI is InChI=1S/C25H22ClN9O2/c1-4-28-25(37)31-24-30-22-20(23(36)34(24)3)21(19-9-14(11-27)12-33(19)2)35(32-22)13-15-7-8-29-18-6-5-16(26)10-17(15)18/h5-10,12H,4,13H2,1-3H3,(H2,28,30,31,32,37). The number of urea groups is 1. The van der Waals surface area contributed by atoms with E-state index in [4.69, 9.17) is 11.6 Å². The Bertz CT molecular complexity index is 1790. The van der Waals surface area contributed by atoms with Crippen molar-refractivity contribution in [2.45, 2.75) is 13.5 Å². The lowest BCUT2D eigenvalue weighted by Crippen LogP contribution is -2.32. The molecule has 0 atom stereocenters. The summed E-state index contributed by atoms with van der Waals surface area (Å²) in [5.74, 6) is 0.0605. The number of nitriles is 1. The molecule has 37 heavy (non-hydrogen) atoms. The lowest BCUT2D eigenvalue weighted by molar-refractivity contribution is 0.252. The number of amides is 2. The van der Waals surface area contributed by atoms with Gasteiger partial charge in [-0.25, -0.2) is 4.79 Å². The summed E-state index contributed by atoms with van der Waals surface area (Å²) in [6, 6.07) is 10.7. The van der Waals surface area contributed by atoms with E-state index in [-0.39, 0.29) is 29.1 Å². The van der Waals surface area contributed by atoms with Crippen LogP contribution < -0.4 is 16.2 Å². The number of aryl methyl sites for hydroxylation is 1. The highest BCUT2D eigenvalue weighted by molar-refractivity contribution is 6.31. The lowest BCUT2D eigenvalue weighted by Gasteiger charge is -2.11. The van der Waals surface area contributed by atoms with Crippen LogP contribution in [0.5, 0.6) is 0 Å². The highest BCUT2D eigenvalue weighted by atomic mass is 35.5. The van der Waals surface area contributed by atoms with Crippen molar-refractivity contribution in [3.8, 4) is 17.5 Å². The fourth-order valence-electron chi connectivity index (χ4n) is 4.29. The van der Waals surface area contributed by atoms with E-state index in [1.54, 1.807) is 47.7 Å². The smallest absolute Gasteiger partial charge is 0.321 e. The Labute approximate surface area is 215 Å². The number of pyridine rings is 1. The first kappa shape index (κ1) is 24.0. The molecule has 186 valence electrons. The van der Waals surface area contributed by atoms with Gasteiger partial charge in [0.15, 0.2) is 5.65 Å². The quantitative estimate of drug-likeness (QED) is 0.368. The molecule has 2 amide bonds. The molecule has 0 aliphatic heterocycles. The van der Waals surface area contributed by atoms with Gasteiger partial charge in [-0.1, -0.05) is 11.6 Å². The molecule has 1 aromatic carbocycles. The SMILES string of the molecule is CCNC(=O)Nc1nc2nn(Cc3ccnc4ccc(Cl)cc34)c(-c3cc(C#N)cn3C)c2c(=O)n1C. The van der Waals surface area contributed by atoms with Crippen molar-refractivity contribution in [2.24, 2.45) is 14.1 Å². The molecule has 0 fully saturated rings. The Kier molecular flexibility index (Phi) is 6.11. The number of aromatic nitrogens is 6. The van der Waals surface area contributed by atoms with Gasteiger partial charge < -0.3 is 9.88 Å². The van der Waals surface area contributed by atoms with Gasteiger partial charge in [-0.2, -0.15) is 15.3 Å².